The van der Waals surface area contributed by atoms with Gasteiger partial charge < -0.3 is 0 Å². The Morgan fingerprint density at radius 2 is 1.95 bits per heavy atom. The maximum Gasteiger partial charge on any atom is 0.286 e. The summed E-state index contributed by atoms with van der Waals surface area (Å²) in [6, 6.07) is 0. The molecule has 2 fully saturated rings. The first-order valence-electron chi connectivity index (χ1n) is 7.51. The summed E-state index contributed by atoms with van der Waals surface area (Å²) in [5.74, 6) is -0.0591. The maximum absolute atomic E-state index is 12.2. The summed E-state index contributed by atoms with van der Waals surface area (Å²) >= 11 is 0. The number of amides is 1. The number of hydrogen-bond acceptors (Lipinski definition) is 5. The third-order valence-corrected chi connectivity index (χ3v) is 5.96. The molecule has 0 radical (unpaired) electrons. The largest absolute Gasteiger partial charge is 0.286 e. The molecule has 21 heavy (non-hydrogen) atoms. The molecule has 2 saturated carbocycles. The van der Waals surface area contributed by atoms with Gasteiger partial charge in [0.2, 0.25) is 10.0 Å². The lowest BCUT2D eigenvalue weighted by molar-refractivity contribution is 0.0976. The van der Waals surface area contributed by atoms with E-state index in [0.29, 0.717) is 18.8 Å². The van der Waals surface area contributed by atoms with Crippen molar-refractivity contribution in [3.05, 3.63) is 11.9 Å². The van der Waals surface area contributed by atoms with Crippen LogP contribution in [0.2, 0.25) is 0 Å². The van der Waals surface area contributed by atoms with Gasteiger partial charge >= 0.3 is 0 Å². The third kappa shape index (κ3) is 3.61. The Morgan fingerprint density at radius 1 is 1.24 bits per heavy atom. The molecule has 7 nitrogen and oxygen atoms in total. The molecule has 0 saturated heterocycles. The zero-order chi connectivity index (χ0) is 14.9. The lowest BCUT2D eigenvalue weighted by Gasteiger charge is -2.21. The van der Waals surface area contributed by atoms with Crippen LogP contribution >= 0.6 is 0 Å². The molecule has 116 valence electrons. The average Bonchev–Trinajstić information content (AvgIpc) is 3.14. The van der Waals surface area contributed by atoms with Gasteiger partial charge in [0.15, 0.2) is 5.69 Å². The van der Waals surface area contributed by atoms with Crippen LogP contribution in [-0.4, -0.2) is 34.6 Å². The minimum atomic E-state index is -3.61. The smallest absolute Gasteiger partial charge is 0.266 e. The monoisotopic (exact) mass is 312 g/mol. The topological polar surface area (TPSA) is 94.0 Å². The van der Waals surface area contributed by atoms with Gasteiger partial charge in [-0.2, -0.15) is 0 Å². The van der Waals surface area contributed by atoms with Crippen LogP contribution in [0, 0.1) is 5.92 Å². The van der Waals surface area contributed by atoms with Crippen molar-refractivity contribution in [1.82, 2.24) is 19.7 Å². The average molecular weight is 312 g/mol. The highest BCUT2D eigenvalue weighted by Crippen LogP contribution is 2.30. The fourth-order valence-corrected chi connectivity index (χ4v) is 4.18. The Bertz CT molecular complexity index is 615. The highest BCUT2D eigenvalue weighted by Gasteiger charge is 2.30. The number of hydrogen-bond donors (Lipinski definition) is 1. The summed E-state index contributed by atoms with van der Waals surface area (Å²) < 4.78 is 28.1. The van der Waals surface area contributed by atoms with Crippen molar-refractivity contribution >= 4 is 15.9 Å². The second-order valence-corrected chi connectivity index (χ2v) is 7.97. The van der Waals surface area contributed by atoms with Gasteiger partial charge in [-0.25, -0.2) is 13.1 Å². The van der Waals surface area contributed by atoms with Crippen LogP contribution in [0.3, 0.4) is 0 Å². The molecule has 1 amide bonds. The van der Waals surface area contributed by atoms with E-state index in [9.17, 15) is 13.2 Å². The Morgan fingerprint density at radius 3 is 2.62 bits per heavy atom. The summed E-state index contributed by atoms with van der Waals surface area (Å²) in [6.45, 7) is 0.746. The molecule has 1 aromatic heterocycles. The summed E-state index contributed by atoms with van der Waals surface area (Å²) in [5.41, 5.74) is 0.0648. The Hall–Kier alpha value is -1.44. The van der Waals surface area contributed by atoms with Crippen molar-refractivity contribution in [1.29, 1.82) is 0 Å². The van der Waals surface area contributed by atoms with Gasteiger partial charge in [0.05, 0.1) is 11.4 Å². The van der Waals surface area contributed by atoms with Crippen molar-refractivity contribution in [2.45, 2.75) is 56.7 Å². The predicted molar refractivity (Wildman–Crippen MR) is 76.0 cm³/mol. The molecule has 3 rings (SSSR count). The molecule has 0 aliphatic heterocycles. The standard InChI is InChI=1S/C13H20N4O3S/c18-13(12-9-17(16-14-12)8-10-6-7-10)15-21(19,20)11-4-2-1-3-5-11/h9-11H,1-8H2,(H,15,18). The number of rotatable bonds is 5. The molecule has 0 aromatic carbocycles. The first kappa shape index (κ1) is 14.5. The quantitative estimate of drug-likeness (QED) is 0.878. The Kier molecular flexibility index (Phi) is 3.97. The molecular formula is C13H20N4O3S. The summed E-state index contributed by atoms with van der Waals surface area (Å²) in [4.78, 5) is 12.0. The fraction of sp³-hybridized carbons (Fsp3) is 0.769. The van der Waals surface area contributed by atoms with Crippen LogP contribution in [0.25, 0.3) is 0 Å². The molecule has 0 unspecified atom stereocenters. The second-order valence-electron chi connectivity index (χ2n) is 6.01. The highest BCUT2D eigenvalue weighted by atomic mass is 32.2. The molecule has 1 heterocycles. The van der Waals surface area contributed by atoms with Gasteiger partial charge in [0, 0.05) is 6.54 Å². The van der Waals surface area contributed by atoms with Crippen LogP contribution in [-0.2, 0) is 16.6 Å². The normalized spacial score (nSPS) is 20.4. The fourth-order valence-electron chi connectivity index (χ4n) is 2.70. The van der Waals surface area contributed by atoms with E-state index in [1.807, 2.05) is 0 Å². The zero-order valence-corrected chi connectivity index (χ0v) is 12.7. The van der Waals surface area contributed by atoms with E-state index in [1.54, 1.807) is 4.68 Å². The summed E-state index contributed by atoms with van der Waals surface area (Å²) in [7, 11) is -3.61. The van der Waals surface area contributed by atoms with Crippen LogP contribution in [0.15, 0.2) is 6.20 Å². The summed E-state index contributed by atoms with van der Waals surface area (Å²) in [6.07, 6.45) is 7.98. The number of carbonyl (C=O) groups is 1. The molecule has 8 heteroatoms. The molecule has 1 N–H and O–H groups in total. The third-order valence-electron chi connectivity index (χ3n) is 4.14. The van der Waals surface area contributed by atoms with Crippen LogP contribution in [0.5, 0.6) is 0 Å². The van der Waals surface area contributed by atoms with Gasteiger partial charge in [0.25, 0.3) is 5.91 Å². The first-order valence-corrected chi connectivity index (χ1v) is 9.05. The van der Waals surface area contributed by atoms with Crippen molar-refractivity contribution in [2.75, 3.05) is 0 Å². The van der Waals surface area contributed by atoms with Crippen LogP contribution in [0.4, 0.5) is 0 Å². The zero-order valence-electron chi connectivity index (χ0n) is 11.9. The minimum Gasteiger partial charge on any atom is -0.266 e. The second kappa shape index (κ2) is 5.75. The van der Waals surface area contributed by atoms with Crippen molar-refractivity contribution in [3.8, 4) is 0 Å². The number of nitrogens with zero attached hydrogens (tertiary/aromatic N) is 3. The molecule has 2 aliphatic carbocycles. The van der Waals surface area contributed by atoms with Crippen molar-refractivity contribution in [3.63, 3.8) is 0 Å². The van der Waals surface area contributed by atoms with Crippen molar-refractivity contribution < 1.29 is 13.2 Å². The lowest BCUT2D eigenvalue weighted by atomic mass is 10.0. The number of sulfonamides is 1. The molecular weight excluding hydrogens is 292 g/mol. The van der Waals surface area contributed by atoms with Crippen LogP contribution < -0.4 is 4.72 Å². The molecule has 1 aromatic rings. The van der Waals surface area contributed by atoms with E-state index in [2.05, 4.69) is 15.0 Å². The van der Waals surface area contributed by atoms with Gasteiger partial charge in [-0.1, -0.05) is 24.5 Å². The first-order chi connectivity index (χ1) is 10.0. The van der Waals surface area contributed by atoms with E-state index in [4.69, 9.17) is 0 Å². The number of nitrogens with one attached hydrogen (secondary N) is 1. The van der Waals surface area contributed by atoms with E-state index in [1.165, 1.54) is 19.0 Å². The van der Waals surface area contributed by atoms with Crippen LogP contribution in [0.1, 0.15) is 55.4 Å². The number of aromatic nitrogens is 3. The molecule has 0 spiro atoms. The van der Waals surface area contributed by atoms with E-state index in [0.717, 1.165) is 25.8 Å². The lowest BCUT2D eigenvalue weighted by Crippen LogP contribution is -2.39. The van der Waals surface area contributed by atoms with E-state index >= 15 is 0 Å². The number of carbonyl (C=O) groups excluding carboxylic acids is 1. The van der Waals surface area contributed by atoms with Gasteiger partial charge in [-0.15, -0.1) is 5.10 Å². The van der Waals surface area contributed by atoms with Crippen molar-refractivity contribution in [2.24, 2.45) is 5.92 Å². The minimum absolute atomic E-state index is 0.0648. The van der Waals surface area contributed by atoms with E-state index in [-0.39, 0.29) is 5.69 Å². The highest BCUT2D eigenvalue weighted by molar-refractivity contribution is 7.90. The Balaban J connectivity index is 1.62. The molecule has 2 aliphatic rings. The Labute approximate surface area is 124 Å². The molecule has 0 atom stereocenters. The van der Waals surface area contributed by atoms with Gasteiger partial charge in [0.1, 0.15) is 0 Å². The van der Waals surface area contributed by atoms with E-state index < -0.39 is 21.2 Å². The van der Waals surface area contributed by atoms with Gasteiger partial charge in [-0.3, -0.25) is 9.48 Å². The SMILES string of the molecule is O=C(NS(=O)(=O)C1CCCCC1)c1cn(CC2CC2)nn1. The van der Waals surface area contributed by atoms with Gasteiger partial charge in [-0.05, 0) is 31.6 Å². The maximum atomic E-state index is 12.2. The summed E-state index contributed by atoms with van der Waals surface area (Å²) in [5, 5.41) is 7.17. The predicted octanol–water partition coefficient (Wildman–Crippen LogP) is 1.08. The molecule has 0 bridgehead atoms.